The predicted molar refractivity (Wildman–Crippen MR) is 90.3 cm³/mol. The lowest BCUT2D eigenvalue weighted by Crippen LogP contribution is -2.37. The van der Waals surface area contributed by atoms with Gasteiger partial charge in [0.15, 0.2) is 0 Å². The third-order valence-corrected chi connectivity index (χ3v) is 4.81. The number of nitrogens with one attached hydrogen (secondary N) is 1. The van der Waals surface area contributed by atoms with Gasteiger partial charge in [0.1, 0.15) is 5.15 Å². The smallest absolute Gasteiger partial charge is 0.131 e. The minimum absolute atomic E-state index is 0.0865. The van der Waals surface area contributed by atoms with E-state index in [1.807, 2.05) is 7.05 Å². The highest BCUT2D eigenvalue weighted by Gasteiger charge is 2.17. The van der Waals surface area contributed by atoms with E-state index in [0.717, 1.165) is 68.4 Å². The van der Waals surface area contributed by atoms with Gasteiger partial charge in [-0.3, -0.25) is 4.68 Å². The molecule has 2 rings (SSSR count). The second-order valence-electron chi connectivity index (χ2n) is 6.54. The molecule has 1 aliphatic rings. The number of rotatable bonds is 7. The fourth-order valence-corrected chi connectivity index (χ4v) is 3.18. The Morgan fingerprint density at radius 3 is 2.68 bits per heavy atom. The van der Waals surface area contributed by atoms with Crippen molar-refractivity contribution in [3.05, 3.63) is 16.4 Å². The van der Waals surface area contributed by atoms with E-state index in [1.165, 1.54) is 0 Å². The van der Waals surface area contributed by atoms with Crippen LogP contribution in [0.2, 0.25) is 5.15 Å². The van der Waals surface area contributed by atoms with Crippen molar-refractivity contribution < 1.29 is 5.11 Å². The van der Waals surface area contributed by atoms with Crippen LogP contribution in [-0.2, 0) is 13.6 Å². The molecule has 0 aliphatic carbocycles. The van der Waals surface area contributed by atoms with Gasteiger partial charge in [0.2, 0.25) is 0 Å². The number of aliphatic hydroxyl groups is 1. The van der Waals surface area contributed by atoms with Crippen LogP contribution in [0.3, 0.4) is 0 Å². The summed E-state index contributed by atoms with van der Waals surface area (Å²) in [4.78, 5) is 2.44. The topological polar surface area (TPSA) is 53.3 Å². The van der Waals surface area contributed by atoms with Gasteiger partial charge in [-0.1, -0.05) is 25.4 Å². The first kappa shape index (κ1) is 17.7. The van der Waals surface area contributed by atoms with Crippen LogP contribution in [0, 0.1) is 0 Å². The lowest BCUT2D eigenvalue weighted by atomic mass is 10.1. The summed E-state index contributed by atoms with van der Waals surface area (Å²) in [5, 5.41) is 18.2. The number of nitrogens with zero attached hydrogens (tertiary/aromatic N) is 3. The van der Waals surface area contributed by atoms with E-state index in [-0.39, 0.29) is 6.10 Å². The molecule has 0 saturated carbocycles. The van der Waals surface area contributed by atoms with Gasteiger partial charge in [-0.05, 0) is 38.3 Å². The van der Waals surface area contributed by atoms with Crippen molar-refractivity contribution in [2.45, 2.75) is 51.7 Å². The highest BCUT2D eigenvalue weighted by atomic mass is 35.5. The van der Waals surface area contributed by atoms with Crippen molar-refractivity contribution >= 4 is 11.6 Å². The van der Waals surface area contributed by atoms with Gasteiger partial charge in [-0.2, -0.15) is 5.10 Å². The maximum atomic E-state index is 9.50. The number of aryl methyl sites for hydroxylation is 1. The Morgan fingerprint density at radius 1 is 1.36 bits per heavy atom. The number of likely N-dealkylation sites (tertiary alicyclic amines) is 1. The van der Waals surface area contributed by atoms with Crippen LogP contribution in [0.1, 0.15) is 50.3 Å². The Morgan fingerprint density at radius 2 is 2.05 bits per heavy atom. The second-order valence-corrected chi connectivity index (χ2v) is 6.89. The third-order valence-electron chi connectivity index (χ3n) is 4.33. The summed E-state index contributed by atoms with van der Waals surface area (Å²) in [5.41, 5.74) is 2.21. The Balaban J connectivity index is 1.71. The summed E-state index contributed by atoms with van der Waals surface area (Å²) in [6.45, 7) is 9.18. The predicted octanol–water partition coefficient (Wildman–Crippen LogP) is 2.13. The third kappa shape index (κ3) is 4.69. The minimum atomic E-state index is -0.0865. The van der Waals surface area contributed by atoms with Gasteiger partial charge in [-0.15, -0.1) is 0 Å². The van der Waals surface area contributed by atoms with Gasteiger partial charge >= 0.3 is 0 Å². The molecule has 1 aliphatic heterocycles. The molecule has 22 heavy (non-hydrogen) atoms. The van der Waals surface area contributed by atoms with Gasteiger partial charge in [0.25, 0.3) is 0 Å². The summed E-state index contributed by atoms with van der Waals surface area (Å²) in [5.74, 6) is 0.385. The first-order valence-corrected chi connectivity index (χ1v) is 8.69. The summed E-state index contributed by atoms with van der Waals surface area (Å²) in [6.07, 6.45) is 2.86. The van der Waals surface area contributed by atoms with Crippen LogP contribution in [0.4, 0.5) is 0 Å². The fourth-order valence-electron chi connectivity index (χ4n) is 2.98. The van der Waals surface area contributed by atoms with Crippen molar-refractivity contribution in [2.75, 3.05) is 26.2 Å². The van der Waals surface area contributed by atoms with Crippen LogP contribution in [-0.4, -0.2) is 52.1 Å². The SMILES string of the molecule is CC(C)c1nn(C)c(Cl)c1CNCCCN1CCC(O)CC1. The molecule has 0 unspecified atom stereocenters. The number of aromatic nitrogens is 2. The van der Waals surface area contributed by atoms with Gasteiger partial charge in [-0.25, -0.2) is 0 Å². The largest absolute Gasteiger partial charge is 0.393 e. The molecule has 0 atom stereocenters. The highest BCUT2D eigenvalue weighted by Crippen LogP contribution is 2.24. The second kappa shape index (κ2) is 8.29. The van der Waals surface area contributed by atoms with Crippen LogP contribution >= 0.6 is 11.6 Å². The first-order valence-electron chi connectivity index (χ1n) is 8.31. The number of hydrogen-bond donors (Lipinski definition) is 2. The van der Waals surface area contributed by atoms with Gasteiger partial charge < -0.3 is 15.3 Å². The van der Waals surface area contributed by atoms with Crippen LogP contribution in [0.25, 0.3) is 0 Å². The highest BCUT2D eigenvalue weighted by molar-refractivity contribution is 6.30. The Bertz CT molecular complexity index is 467. The van der Waals surface area contributed by atoms with E-state index in [9.17, 15) is 5.11 Å². The van der Waals surface area contributed by atoms with E-state index in [2.05, 4.69) is 29.2 Å². The Hall–Kier alpha value is -0.620. The zero-order valence-corrected chi connectivity index (χ0v) is 14.7. The standard InChI is InChI=1S/C16H29ClN4O/c1-12(2)15-14(16(17)20(3)19-15)11-18-7-4-8-21-9-5-13(22)6-10-21/h12-13,18,22H,4-11H2,1-3H3. The average Bonchev–Trinajstić information content (AvgIpc) is 2.77. The molecule has 1 aromatic rings. The molecule has 6 heteroatoms. The molecule has 0 aromatic carbocycles. The lowest BCUT2D eigenvalue weighted by molar-refractivity contribution is 0.0821. The Kier molecular flexibility index (Phi) is 6.68. The zero-order valence-electron chi connectivity index (χ0n) is 14.0. The number of halogens is 1. The molecule has 126 valence electrons. The van der Waals surface area contributed by atoms with E-state index in [0.29, 0.717) is 5.92 Å². The van der Waals surface area contributed by atoms with Crippen molar-refractivity contribution in [3.63, 3.8) is 0 Å². The summed E-state index contributed by atoms with van der Waals surface area (Å²) < 4.78 is 1.76. The van der Waals surface area contributed by atoms with Crippen molar-refractivity contribution in [1.29, 1.82) is 0 Å². The van der Waals surface area contributed by atoms with Gasteiger partial charge in [0.05, 0.1) is 11.8 Å². The van der Waals surface area contributed by atoms with E-state index in [4.69, 9.17) is 11.6 Å². The zero-order chi connectivity index (χ0) is 16.1. The molecule has 1 aromatic heterocycles. The number of hydrogen-bond acceptors (Lipinski definition) is 4. The molecule has 1 saturated heterocycles. The fraction of sp³-hybridized carbons (Fsp3) is 0.812. The molecule has 0 amide bonds. The molecule has 0 bridgehead atoms. The summed E-state index contributed by atoms with van der Waals surface area (Å²) >= 11 is 6.33. The molecule has 0 spiro atoms. The summed E-state index contributed by atoms with van der Waals surface area (Å²) in [7, 11) is 1.89. The first-order chi connectivity index (χ1) is 10.5. The monoisotopic (exact) mass is 328 g/mol. The molecule has 5 nitrogen and oxygen atoms in total. The maximum absolute atomic E-state index is 9.50. The van der Waals surface area contributed by atoms with E-state index < -0.39 is 0 Å². The van der Waals surface area contributed by atoms with Crippen LogP contribution in [0.15, 0.2) is 0 Å². The lowest BCUT2D eigenvalue weighted by Gasteiger charge is -2.29. The molecule has 0 radical (unpaired) electrons. The van der Waals surface area contributed by atoms with Crippen LogP contribution < -0.4 is 5.32 Å². The van der Waals surface area contributed by atoms with Crippen molar-refractivity contribution in [3.8, 4) is 0 Å². The normalized spacial score (nSPS) is 17.5. The average molecular weight is 329 g/mol. The molecule has 2 N–H and O–H groups in total. The maximum Gasteiger partial charge on any atom is 0.131 e. The Labute approximate surface area is 138 Å². The number of piperidine rings is 1. The van der Waals surface area contributed by atoms with E-state index in [1.54, 1.807) is 4.68 Å². The number of aliphatic hydroxyl groups excluding tert-OH is 1. The molecule has 2 heterocycles. The van der Waals surface area contributed by atoms with Crippen molar-refractivity contribution in [1.82, 2.24) is 20.0 Å². The van der Waals surface area contributed by atoms with E-state index >= 15 is 0 Å². The summed E-state index contributed by atoms with van der Waals surface area (Å²) in [6, 6.07) is 0. The van der Waals surface area contributed by atoms with Gasteiger partial charge in [0, 0.05) is 32.2 Å². The molecular formula is C16H29ClN4O. The van der Waals surface area contributed by atoms with Crippen LogP contribution in [0.5, 0.6) is 0 Å². The molecule has 1 fully saturated rings. The minimum Gasteiger partial charge on any atom is -0.393 e. The molecular weight excluding hydrogens is 300 g/mol. The quantitative estimate of drug-likeness (QED) is 0.753. The van der Waals surface area contributed by atoms with Crippen molar-refractivity contribution in [2.24, 2.45) is 7.05 Å².